The van der Waals surface area contributed by atoms with Crippen molar-refractivity contribution in [1.82, 2.24) is 9.78 Å². The summed E-state index contributed by atoms with van der Waals surface area (Å²) in [6.07, 6.45) is 3.73. The van der Waals surface area contributed by atoms with Gasteiger partial charge in [-0.15, -0.1) is 0 Å². The Labute approximate surface area is 174 Å². The SMILES string of the molecule is CCCC(=O)Nc1ccc(C(=O)C(C)OC(=O)c2ccc(-n3cccn3)cc2)cc1. The van der Waals surface area contributed by atoms with E-state index in [1.54, 1.807) is 71.7 Å². The standard InChI is InChI=1S/C23H23N3O4/c1-3-5-21(27)25-19-10-6-17(7-11-19)22(28)16(2)30-23(29)18-8-12-20(13-9-18)26-15-4-14-24-26/h4,6-16H,3,5H2,1-2H3,(H,25,27). The molecular formula is C23H23N3O4. The van der Waals surface area contributed by atoms with E-state index in [1.165, 1.54) is 6.92 Å². The minimum absolute atomic E-state index is 0.0718. The number of esters is 1. The third-order valence-corrected chi connectivity index (χ3v) is 4.46. The van der Waals surface area contributed by atoms with Gasteiger partial charge >= 0.3 is 5.97 Å². The minimum Gasteiger partial charge on any atom is -0.451 e. The molecule has 0 radical (unpaired) electrons. The number of amides is 1. The Hall–Kier alpha value is -3.74. The Kier molecular flexibility index (Phi) is 6.75. The van der Waals surface area contributed by atoms with Crippen molar-refractivity contribution in [3.8, 4) is 5.69 Å². The Morgan fingerprint density at radius 1 is 1.03 bits per heavy atom. The van der Waals surface area contributed by atoms with Crippen molar-refractivity contribution in [1.29, 1.82) is 0 Å². The fourth-order valence-corrected chi connectivity index (χ4v) is 2.86. The molecular weight excluding hydrogens is 382 g/mol. The summed E-state index contributed by atoms with van der Waals surface area (Å²) in [5, 5.41) is 6.89. The van der Waals surface area contributed by atoms with Gasteiger partial charge in [0, 0.05) is 30.1 Å². The molecule has 7 heteroatoms. The number of hydrogen-bond acceptors (Lipinski definition) is 5. The summed E-state index contributed by atoms with van der Waals surface area (Å²) < 4.78 is 7.01. The van der Waals surface area contributed by atoms with E-state index in [1.807, 2.05) is 6.92 Å². The predicted octanol–water partition coefficient (Wildman–Crippen LogP) is 4.04. The van der Waals surface area contributed by atoms with Crippen LogP contribution in [0.15, 0.2) is 67.0 Å². The van der Waals surface area contributed by atoms with E-state index in [-0.39, 0.29) is 11.7 Å². The molecule has 154 valence electrons. The molecule has 0 aliphatic rings. The Morgan fingerprint density at radius 3 is 2.30 bits per heavy atom. The van der Waals surface area contributed by atoms with Gasteiger partial charge in [0.05, 0.1) is 11.3 Å². The number of Topliss-reactive ketones (excluding diaryl/α,β-unsaturated/α-hetero) is 1. The van der Waals surface area contributed by atoms with Gasteiger partial charge in [0.1, 0.15) is 0 Å². The molecule has 1 aromatic heterocycles. The first-order valence-electron chi connectivity index (χ1n) is 9.73. The summed E-state index contributed by atoms with van der Waals surface area (Å²) in [4.78, 5) is 36.6. The van der Waals surface area contributed by atoms with Crippen molar-refractivity contribution in [2.75, 3.05) is 5.32 Å². The average molecular weight is 405 g/mol. The number of nitrogens with one attached hydrogen (secondary N) is 1. The lowest BCUT2D eigenvalue weighted by atomic mass is 10.1. The van der Waals surface area contributed by atoms with E-state index in [0.29, 0.717) is 23.2 Å². The molecule has 0 saturated carbocycles. The number of carbonyl (C=O) groups is 3. The zero-order valence-electron chi connectivity index (χ0n) is 16.9. The molecule has 0 aliphatic carbocycles. The molecule has 0 aliphatic heterocycles. The molecule has 1 N–H and O–H groups in total. The van der Waals surface area contributed by atoms with Crippen LogP contribution in [0.4, 0.5) is 5.69 Å². The van der Waals surface area contributed by atoms with Crippen molar-refractivity contribution in [2.45, 2.75) is 32.8 Å². The van der Waals surface area contributed by atoms with Crippen molar-refractivity contribution >= 4 is 23.3 Å². The summed E-state index contributed by atoms with van der Waals surface area (Å²) >= 11 is 0. The van der Waals surface area contributed by atoms with E-state index >= 15 is 0 Å². The van der Waals surface area contributed by atoms with E-state index in [2.05, 4.69) is 10.4 Å². The quantitative estimate of drug-likeness (QED) is 0.451. The van der Waals surface area contributed by atoms with Gasteiger partial charge in [-0.3, -0.25) is 9.59 Å². The van der Waals surface area contributed by atoms with Crippen molar-refractivity contribution < 1.29 is 19.1 Å². The molecule has 0 bridgehead atoms. The van der Waals surface area contributed by atoms with Crippen LogP contribution in [0.25, 0.3) is 5.69 Å². The van der Waals surface area contributed by atoms with Crippen LogP contribution >= 0.6 is 0 Å². The van der Waals surface area contributed by atoms with E-state index in [0.717, 1.165) is 12.1 Å². The first-order valence-corrected chi connectivity index (χ1v) is 9.73. The van der Waals surface area contributed by atoms with Crippen LogP contribution in [-0.2, 0) is 9.53 Å². The first kappa shape index (κ1) is 21.0. The number of hydrogen-bond donors (Lipinski definition) is 1. The largest absolute Gasteiger partial charge is 0.451 e. The van der Waals surface area contributed by atoms with Crippen LogP contribution in [-0.4, -0.2) is 33.5 Å². The normalized spacial score (nSPS) is 11.5. The summed E-state index contributed by atoms with van der Waals surface area (Å²) in [6, 6.07) is 15.1. The Balaban J connectivity index is 1.59. The monoisotopic (exact) mass is 405 g/mol. The molecule has 1 atom stereocenters. The molecule has 3 aromatic rings. The minimum atomic E-state index is -0.941. The third kappa shape index (κ3) is 5.20. The average Bonchev–Trinajstić information content (AvgIpc) is 3.29. The highest BCUT2D eigenvalue weighted by Gasteiger charge is 2.20. The first-order chi connectivity index (χ1) is 14.5. The topological polar surface area (TPSA) is 90.3 Å². The van der Waals surface area contributed by atoms with E-state index in [4.69, 9.17) is 4.74 Å². The van der Waals surface area contributed by atoms with Gasteiger partial charge in [-0.2, -0.15) is 5.10 Å². The predicted molar refractivity (Wildman–Crippen MR) is 113 cm³/mol. The summed E-state index contributed by atoms with van der Waals surface area (Å²) in [5.41, 5.74) is 2.18. The fourth-order valence-electron chi connectivity index (χ4n) is 2.86. The van der Waals surface area contributed by atoms with Crippen LogP contribution < -0.4 is 5.32 Å². The molecule has 1 amide bonds. The van der Waals surface area contributed by atoms with Gasteiger partial charge in [-0.25, -0.2) is 9.48 Å². The Morgan fingerprint density at radius 2 is 1.70 bits per heavy atom. The smallest absolute Gasteiger partial charge is 0.338 e. The fraction of sp³-hybridized carbons (Fsp3) is 0.217. The number of ketones is 1. The van der Waals surface area contributed by atoms with E-state index < -0.39 is 12.1 Å². The van der Waals surface area contributed by atoms with Gasteiger partial charge in [0.2, 0.25) is 11.7 Å². The zero-order valence-corrected chi connectivity index (χ0v) is 16.9. The number of rotatable bonds is 8. The lowest BCUT2D eigenvalue weighted by Gasteiger charge is -2.13. The van der Waals surface area contributed by atoms with Crippen molar-refractivity contribution in [2.24, 2.45) is 0 Å². The molecule has 0 saturated heterocycles. The number of nitrogens with zero attached hydrogens (tertiary/aromatic N) is 2. The summed E-state index contributed by atoms with van der Waals surface area (Å²) in [5.74, 6) is -0.966. The highest BCUT2D eigenvalue weighted by Crippen LogP contribution is 2.15. The molecule has 3 rings (SSSR count). The van der Waals surface area contributed by atoms with Crippen LogP contribution in [0, 0.1) is 0 Å². The second kappa shape index (κ2) is 9.65. The van der Waals surface area contributed by atoms with Crippen molar-refractivity contribution in [3.63, 3.8) is 0 Å². The van der Waals surface area contributed by atoms with Crippen LogP contribution in [0.3, 0.4) is 0 Å². The van der Waals surface area contributed by atoms with Gasteiger partial charge in [-0.05, 0) is 67.9 Å². The van der Waals surface area contributed by atoms with Crippen LogP contribution in [0.1, 0.15) is 47.4 Å². The van der Waals surface area contributed by atoms with E-state index in [9.17, 15) is 14.4 Å². The maximum absolute atomic E-state index is 12.6. The van der Waals surface area contributed by atoms with Gasteiger partial charge in [0.15, 0.2) is 6.10 Å². The van der Waals surface area contributed by atoms with Gasteiger partial charge < -0.3 is 10.1 Å². The second-order valence-corrected chi connectivity index (χ2v) is 6.78. The number of anilines is 1. The maximum Gasteiger partial charge on any atom is 0.338 e. The van der Waals surface area contributed by atoms with Gasteiger partial charge in [-0.1, -0.05) is 6.92 Å². The summed E-state index contributed by atoms with van der Waals surface area (Å²) in [7, 11) is 0. The van der Waals surface area contributed by atoms with Crippen LogP contribution in [0.5, 0.6) is 0 Å². The maximum atomic E-state index is 12.6. The molecule has 0 spiro atoms. The number of ether oxygens (including phenoxy) is 1. The summed E-state index contributed by atoms with van der Waals surface area (Å²) in [6.45, 7) is 3.47. The molecule has 1 unspecified atom stereocenters. The number of benzene rings is 2. The number of aromatic nitrogens is 2. The van der Waals surface area contributed by atoms with Crippen LogP contribution in [0.2, 0.25) is 0 Å². The lowest BCUT2D eigenvalue weighted by molar-refractivity contribution is -0.116. The molecule has 0 fully saturated rings. The molecule has 2 aromatic carbocycles. The number of carbonyl (C=O) groups excluding carboxylic acids is 3. The molecule has 7 nitrogen and oxygen atoms in total. The molecule has 1 heterocycles. The van der Waals surface area contributed by atoms with Crippen molar-refractivity contribution in [3.05, 3.63) is 78.1 Å². The Bertz CT molecular complexity index is 1010. The zero-order chi connectivity index (χ0) is 21.5. The third-order valence-electron chi connectivity index (χ3n) is 4.46. The highest BCUT2D eigenvalue weighted by atomic mass is 16.5. The second-order valence-electron chi connectivity index (χ2n) is 6.78. The van der Waals surface area contributed by atoms with Gasteiger partial charge in [0.25, 0.3) is 0 Å². The highest BCUT2D eigenvalue weighted by molar-refractivity contribution is 6.02. The lowest BCUT2D eigenvalue weighted by Crippen LogP contribution is -2.24. The molecule has 30 heavy (non-hydrogen) atoms.